The molecule has 0 spiro atoms. The number of carbonyl (C=O) groups is 1. The van der Waals surface area contributed by atoms with Gasteiger partial charge in [-0.2, -0.15) is 4.98 Å². The van der Waals surface area contributed by atoms with Crippen LogP contribution in [0.4, 0.5) is 11.6 Å². The quantitative estimate of drug-likeness (QED) is 0.399. The third kappa shape index (κ3) is 5.28. The fourth-order valence-corrected chi connectivity index (χ4v) is 3.07. The van der Waals surface area contributed by atoms with Crippen LogP contribution in [0, 0.1) is 0 Å². The molecule has 168 valence electrons. The van der Waals surface area contributed by atoms with Gasteiger partial charge in [0.1, 0.15) is 18.6 Å². The Balaban J connectivity index is 1.67. The second-order valence-corrected chi connectivity index (χ2v) is 7.29. The lowest BCUT2D eigenvalue weighted by atomic mass is 10.2. The highest BCUT2D eigenvalue weighted by molar-refractivity contribution is 6.30. The van der Waals surface area contributed by atoms with Gasteiger partial charge in [0.15, 0.2) is 0 Å². The van der Waals surface area contributed by atoms with Gasteiger partial charge in [0.05, 0.1) is 6.54 Å². The average molecular weight is 469 g/mol. The van der Waals surface area contributed by atoms with Crippen molar-refractivity contribution in [3.8, 4) is 11.6 Å². The van der Waals surface area contributed by atoms with E-state index in [0.717, 1.165) is 5.56 Å². The number of rotatable bonds is 8. The molecule has 0 aliphatic heterocycles. The first-order valence-electron chi connectivity index (χ1n) is 9.59. The predicted octanol–water partition coefficient (Wildman–Crippen LogP) is 2.12. The number of benzene rings is 2. The maximum Gasteiger partial charge on any atom is 0.355 e. The van der Waals surface area contributed by atoms with Crippen molar-refractivity contribution in [2.75, 3.05) is 5.32 Å². The molecule has 0 fully saturated rings. The zero-order valence-corrected chi connectivity index (χ0v) is 17.7. The Morgan fingerprint density at radius 3 is 2.42 bits per heavy atom. The number of nitrogens with zero attached hydrogens (tertiary/aromatic N) is 4. The van der Waals surface area contributed by atoms with Crippen molar-refractivity contribution >= 4 is 29.1 Å². The Bertz CT molecular complexity index is 1380. The SMILES string of the molecule is NC(=O)Cn1c(=O)nc(Nc2ccc(Oc3ccon3)cc2)n(Cc2ccc(Cl)cc2)c1=O. The van der Waals surface area contributed by atoms with E-state index in [4.69, 9.17) is 26.6 Å². The van der Waals surface area contributed by atoms with E-state index >= 15 is 0 Å². The molecule has 11 nitrogen and oxygen atoms in total. The topological polar surface area (TPSA) is 147 Å². The van der Waals surface area contributed by atoms with Gasteiger partial charge >= 0.3 is 11.4 Å². The number of hydrogen-bond donors (Lipinski definition) is 2. The Morgan fingerprint density at radius 2 is 1.79 bits per heavy atom. The van der Waals surface area contributed by atoms with Crippen molar-refractivity contribution in [3.05, 3.63) is 92.4 Å². The summed E-state index contributed by atoms with van der Waals surface area (Å²) in [5.41, 5.74) is 4.80. The summed E-state index contributed by atoms with van der Waals surface area (Å²) < 4.78 is 12.1. The van der Waals surface area contributed by atoms with Gasteiger partial charge in [-0.3, -0.25) is 9.36 Å². The number of aromatic nitrogens is 4. The summed E-state index contributed by atoms with van der Waals surface area (Å²) in [6.45, 7) is -0.516. The summed E-state index contributed by atoms with van der Waals surface area (Å²) in [7, 11) is 0. The van der Waals surface area contributed by atoms with E-state index < -0.39 is 23.8 Å². The van der Waals surface area contributed by atoms with E-state index in [1.165, 1.54) is 10.8 Å². The maximum atomic E-state index is 13.0. The molecule has 0 saturated heterocycles. The van der Waals surface area contributed by atoms with Crippen molar-refractivity contribution in [1.29, 1.82) is 0 Å². The number of primary amides is 1. The minimum atomic E-state index is -0.903. The van der Waals surface area contributed by atoms with Gasteiger partial charge in [-0.15, -0.1) is 0 Å². The summed E-state index contributed by atoms with van der Waals surface area (Å²) in [5.74, 6) is -0.0478. The van der Waals surface area contributed by atoms with Crippen molar-refractivity contribution in [3.63, 3.8) is 0 Å². The largest absolute Gasteiger partial charge is 0.436 e. The van der Waals surface area contributed by atoms with Crippen LogP contribution in [-0.4, -0.2) is 25.2 Å². The van der Waals surface area contributed by atoms with Crippen LogP contribution in [0.3, 0.4) is 0 Å². The smallest absolute Gasteiger partial charge is 0.355 e. The van der Waals surface area contributed by atoms with Crippen molar-refractivity contribution in [1.82, 2.24) is 19.3 Å². The van der Waals surface area contributed by atoms with Crippen molar-refractivity contribution in [2.24, 2.45) is 5.73 Å². The van der Waals surface area contributed by atoms with E-state index in [2.05, 4.69) is 15.5 Å². The molecular formula is C21H17ClN6O5. The van der Waals surface area contributed by atoms with Gasteiger partial charge < -0.3 is 20.3 Å². The molecule has 0 bridgehead atoms. The number of amides is 1. The van der Waals surface area contributed by atoms with Crippen LogP contribution < -0.4 is 27.2 Å². The van der Waals surface area contributed by atoms with Crippen LogP contribution in [-0.2, 0) is 17.9 Å². The molecule has 0 saturated carbocycles. The summed E-state index contributed by atoms with van der Waals surface area (Å²) in [4.78, 5) is 40.7. The molecular weight excluding hydrogens is 452 g/mol. The highest BCUT2D eigenvalue weighted by Crippen LogP contribution is 2.23. The summed E-state index contributed by atoms with van der Waals surface area (Å²) in [6.07, 6.45) is 1.39. The molecule has 0 radical (unpaired) electrons. The first-order valence-corrected chi connectivity index (χ1v) is 9.96. The molecule has 2 heterocycles. The molecule has 12 heteroatoms. The lowest BCUT2D eigenvalue weighted by molar-refractivity contribution is -0.118. The predicted molar refractivity (Wildman–Crippen MR) is 119 cm³/mol. The van der Waals surface area contributed by atoms with Crippen LogP contribution in [0.1, 0.15) is 5.56 Å². The summed E-state index contributed by atoms with van der Waals surface area (Å²) in [6, 6.07) is 15.0. The van der Waals surface area contributed by atoms with E-state index in [0.29, 0.717) is 26.9 Å². The molecule has 2 aromatic carbocycles. The second kappa shape index (κ2) is 9.40. The van der Waals surface area contributed by atoms with Gasteiger partial charge in [-0.25, -0.2) is 14.2 Å². The molecule has 1 amide bonds. The second-order valence-electron chi connectivity index (χ2n) is 6.85. The lowest BCUT2D eigenvalue weighted by Crippen LogP contribution is -2.45. The first kappa shape index (κ1) is 21.8. The van der Waals surface area contributed by atoms with E-state index in [1.807, 2.05) is 0 Å². The van der Waals surface area contributed by atoms with Gasteiger partial charge in [-0.1, -0.05) is 23.7 Å². The molecule has 2 aromatic heterocycles. The van der Waals surface area contributed by atoms with Gasteiger partial charge in [0, 0.05) is 16.8 Å². The molecule has 33 heavy (non-hydrogen) atoms. The van der Waals surface area contributed by atoms with Crippen LogP contribution >= 0.6 is 11.6 Å². The lowest BCUT2D eigenvalue weighted by Gasteiger charge is -2.15. The average Bonchev–Trinajstić information content (AvgIpc) is 3.29. The van der Waals surface area contributed by atoms with E-state index in [-0.39, 0.29) is 12.5 Å². The number of carbonyl (C=O) groups excluding carboxylic acids is 1. The maximum absolute atomic E-state index is 13.0. The van der Waals surface area contributed by atoms with E-state index in [9.17, 15) is 14.4 Å². The van der Waals surface area contributed by atoms with Crippen molar-refractivity contribution in [2.45, 2.75) is 13.1 Å². The Hall–Kier alpha value is -4.38. The first-order chi connectivity index (χ1) is 15.9. The minimum absolute atomic E-state index is 0.00848. The molecule has 4 rings (SSSR count). The van der Waals surface area contributed by atoms with Crippen LogP contribution in [0.15, 0.2) is 75.0 Å². The minimum Gasteiger partial charge on any atom is -0.436 e. The number of halogens is 1. The van der Waals surface area contributed by atoms with Gasteiger partial charge in [-0.05, 0) is 47.1 Å². The van der Waals surface area contributed by atoms with Crippen LogP contribution in [0.5, 0.6) is 11.6 Å². The standard InChI is InChI=1S/C21H17ClN6O5/c22-14-3-1-13(2-4-14)11-27-19(25-20(30)28(21(27)31)12-17(23)29)24-15-5-7-16(8-6-15)33-18-9-10-32-26-18/h1-10H,11-12H2,(H2,23,29)(H,24,25,30). The normalized spacial score (nSPS) is 10.7. The van der Waals surface area contributed by atoms with Gasteiger partial charge in [0.2, 0.25) is 11.9 Å². The van der Waals surface area contributed by atoms with Crippen LogP contribution in [0.25, 0.3) is 0 Å². The Kier molecular flexibility index (Phi) is 6.22. The zero-order valence-electron chi connectivity index (χ0n) is 17.0. The molecule has 4 aromatic rings. The molecule has 0 atom stereocenters. The third-order valence-corrected chi connectivity index (χ3v) is 4.72. The molecule has 0 unspecified atom stereocenters. The third-order valence-electron chi connectivity index (χ3n) is 4.46. The van der Waals surface area contributed by atoms with Crippen molar-refractivity contribution < 1.29 is 14.1 Å². The fraction of sp³-hybridized carbons (Fsp3) is 0.0952. The van der Waals surface area contributed by atoms with Gasteiger partial charge in [0.25, 0.3) is 5.88 Å². The number of anilines is 2. The number of nitrogens with two attached hydrogens (primary N) is 1. The molecule has 0 aliphatic carbocycles. The number of nitrogens with one attached hydrogen (secondary N) is 1. The Labute approximate surface area is 191 Å². The number of ether oxygens (including phenoxy) is 1. The molecule has 0 aliphatic rings. The summed E-state index contributed by atoms with van der Waals surface area (Å²) >= 11 is 5.94. The summed E-state index contributed by atoms with van der Waals surface area (Å²) in [5, 5.41) is 7.16. The zero-order chi connectivity index (χ0) is 23.4. The van der Waals surface area contributed by atoms with E-state index in [1.54, 1.807) is 54.6 Å². The molecule has 3 N–H and O–H groups in total. The highest BCUT2D eigenvalue weighted by Gasteiger charge is 2.15. The highest BCUT2D eigenvalue weighted by atomic mass is 35.5. The number of hydrogen-bond acceptors (Lipinski definition) is 8. The monoisotopic (exact) mass is 468 g/mol. The Morgan fingerprint density at radius 1 is 1.06 bits per heavy atom. The fourth-order valence-electron chi connectivity index (χ4n) is 2.94. The van der Waals surface area contributed by atoms with Crippen LogP contribution in [0.2, 0.25) is 5.02 Å².